The van der Waals surface area contributed by atoms with E-state index in [1.54, 1.807) is 0 Å². The van der Waals surface area contributed by atoms with Crippen molar-refractivity contribution in [2.45, 2.75) is 65.2 Å². The minimum absolute atomic E-state index is 0.851. The van der Waals surface area contributed by atoms with E-state index in [-0.39, 0.29) is 0 Å². The highest BCUT2D eigenvalue weighted by atomic mass is 16.5. The Bertz CT molecular complexity index is 258. The minimum atomic E-state index is 0.851. The van der Waals surface area contributed by atoms with Crippen LogP contribution in [0.1, 0.15) is 64.4 Å². The Morgan fingerprint density at radius 3 is 2.11 bits per heavy atom. The molecule has 0 aliphatic carbocycles. The molecule has 0 amide bonds. The Kier molecular flexibility index (Phi) is 8.37. The molecule has 102 valence electrons. The molecule has 0 unspecified atom stereocenters. The van der Waals surface area contributed by atoms with Gasteiger partial charge in [0.1, 0.15) is 5.75 Å². The smallest absolute Gasteiger partial charge is 0.119 e. The van der Waals surface area contributed by atoms with Crippen LogP contribution >= 0.6 is 0 Å². The second kappa shape index (κ2) is 9.99. The standard InChI is InChI=1S/C17H28O/c1-3-5-7-8-10-16-11-13-17(14-12-16)18-15-9-6-4-2/h11-14H,3-10,15H2,1-2H3. The van der Waals surface area contributed by atoms with Crippen LogP contribution in [0.25, 0.3) is 0 Å². The Morgan fingerprint density at radius 1 is 0.778 bits per heavy atom. The molecular weight excluding hydrogens is 220 g/mol. The van der Waals surface area contributed by atoms with Gasteiger partial charge in [0.15, 0.2) is 0 Å². The second-order valence-electron chi connectivity index (χ2n) is 5.01. The van der Waals surface area contributed by atoms with Gasteiger partial charge in [0.05, 0.1) is 6.61 Å². The third-order valence-corrected chi connectivity index (χ3v) is 3.26. The van der Waals surface area contributed by atoms with Crippen LogP contribution in [-0.2, 0) is 6.42 Å². The van der Waals surface area contributed by atoms with E-state index in [1.807, 2.05) is 0 Å². The molecule has 0 aromatic heterocycles. The molecule has 0 saturated heterocycles. The van der Waals surface area contributed by atoms with E-state index in [9.17, 15) is 0 Å². The van der Waals surface area contributed by atoms with Gasteiger partial charge in [-0.15, -0.1) is 0 Å². The maximum atomic E-state index is 5.71. The summed E-state index contributed by atoms with van der Waals surface area (Å²) in [6.07, 6.45) is 10.2. The van der Waals surface area contributed by atoms with Crippen molar-refractivity contribution in [3.05, 3.63) is 29.8 Å². The van der Waals surface area contributed by atoms with Gasteiger partial charge in [-0.2, -0.15) is 0 Å². The Hall–Kier alpha value is -0.980. The van der Waals surface area contributed by atoms with Gasteiger partial charge in [-0.3, -0.25) is 0 Å². The van der Waals surface area contributed by atoms with Gasteiger partial charge in [0.25, 0.3) is 0 Å². The van der Waals surface area contributed by atoms with E-state index in [2.05, 4.69) is 38.1 Å². The summed E-state index contributed by atoms with van der Waals surface area (Å²) in [6, 6.07) is 8.64. The lowest BCUT2D eigenvalue weighted by atomic mass is 10.1. The summed E-state index contributed by atoms with van der Waals surface area (Å²) in [5.74, 6) is 1.02. The van der Waals surface area contributed by atoms with Crippen LogP contribution in [-0.4, -0.2) is 6.61 Å². The molecule has 1 rings (SSSR count). The van der Waals surface area contributed by atoms with Gasteiger partial charge in [-0.05, 0) is 37.0 Å². The Balaban J connectivity index is 2.20. The summed E-state index contributed by atoms with van der Waals surface area (Å²) >= 11 is 0. The number of ether oxygens (including phenoxy) is 1. The molecule has 0 radical (unpaired) electrons. The van der Waals surface area contributed by atoms with Crippen LogP contribution in [0, 0.1) is 0 Å². The average Bonchev–Trinajstić information content (AvgIpc) is 2.41. The fraction of sp³-hybridized carbons (Fsp3) is 0.647. The third kappa shape index (κ3) is 6.68. The first-order valence-corrected chi connectivity index (χ1v) is 7.58. The highest BCUT2D eigenvalue weighted by Gasteiger charge is 1.96. The van der Waals surface area contributed by atoms with Gasteiger partial charge in [0, 0.05) is 0 Å². The van der Waals surface area contributed by atoms with Crippen molar-refractivity contribution in [3.8, 4) is 5.75 Å². The van der Waals surface area contributed by atoms with Crippen LogP contribution in [0.3, 0.4) is 0 Å². The molecule has 1 heteroatoms. The van der Waals surface area contributed by atoms with Gasteiger partial charge in [-0.25, -0.2) is 0 Å². The molecule has 0 aliphatic heterocycles. The number of hydrogen-bond donors (Lipinski definition) is 0. The highest BCUT2D eigenvalue weighted by Crippen LogP contribution is 2.15. The number of unbranched alkanes of at least 4 members (excludes halogenated alkanes) is 5. The van der Waals surface area contributed by atoms with Crippen molar-refractivity contribution >= 4 is 0 Å². The lowest BCUT2D eigenvalue weighted by Crippen LogP contribution is -1.97. The summed E-state index contributed by atoms with van der Waals surface area (Å²) in [5, 5.41) is 0. The first kappa shape index (κ1) is 15.1. The van der Waals surface area contributed by atoms with Gasteiger partial charge in [-0.1, -0.05) is 58.1 Å². The zero-order valence-electron chi connectivity index (χ0n) is 12.1. The lowest BCUT2D eigenvalue weighted by molar-refractivity contribution is 0.306. The summed E-state index contributed by atoms with van der Waals surface area (Å²) in [6.45, 7) is 5.32. The molecule has 0 N–H and O–H groups in total. The minimum Gasteiger partial charge on any atom is -0.494 e. The van der Waals surface area contributed by atoms with Crippen molar-refractivity contribution in [3.63, 3.8) is 0 Å². The van der Waals surface area contributed by atoms with Gasteiger partial charge >= 0.3 is 0 Å². The molecule has 0 saturated carbocycles. The van der Waals surface area contributed by atoms with Crippen molar-refractivity contribution in [1.82, 2.24) is 0 Å². The lowest BCUT2D eigenvalue weighted by Gasteiger charge is -2.07. The van der Waals surface area contributed by atoms with Gasteiger partial charge in [0.2, 0.25) is 0 Å². The van der Waals surface area contributed by atoms with Gasteiger partial charge < -0.3 is 4.74 Å². The number of hydrogen-bond acceptors (Lipinski definition) is 1. The predicted octanol–water partition coefficient (Wildman–Crippen LogP) is 5.38. The van der Waals surface area contributed by atoms with E-state index in [4.69, 9.17) is 4.74 Å². The highest BCUT2D eigenvalue weighted by molar-refractivity contribution is 5.27. The second-order valence-corrected chi connectivity index (χ2v) is 5.01. The molecule has 1 aromatic carbocycles. The monoisotopic (exact) mass is 248 g/mol. The summed E-state index contributed by atoms with van der Waals surface area (Å²) < 4.78 is 5.71. The van der Waals surface area contributed by atoms with Crippen molar-refractivity contribution in [1.29, 1.82) is 0 Å². The number of rotatable bonds is 10. The largest absolute Gasteiger partial charge is 0.494 e. The first-order chi connectivity index (χ1) is 8.86. The van der Waals surface area contributed by atoms with Crippen LogP contribution in [0.5, 0.6) is 5.75 Å². The van der Waals surface area contributed by atoms with Crippen LogP contribution in [0.2, 0.25) is 0 Å². The van der Waals surface area contributed by atoms with Crippen LogP contribution in [0.15, 0.2) is 24.3 Å². The van der Waals surface area contributed by atoms with E-state index < -0.39 is 0 Å². The molecule has 0 fully saturated rings. The molecule has 18 heavy (non-hydrogen) atoms. The molecule has 0 bridgehead atoms. The van der Waals surface area contributed by atoms with Crippen molar-refractivity contribution in [2.24, 2.45) is 0 Å². The molecule has 0 spiro atoms. The Labute approximate surface area is 113 Å². The fourth-order valence-corrected chi connectivity index (χ4v) is 2.05. The normalized spacial score (nSPS) is 10.6. The molecule has 0 atom stereocenters. The molecule has 1 aromatic rings. The predicted molar refractivity (Wildman–Crippen MR) is 79.3 cm³/mol. The summed E-state index contributed by atoms with van der Waals surface area (Å²) in [4.78, 5) is 0. The maximum Gasteiger partial charge on any atom is 0.119 e. The number of aryl methyl sites for hydroxylation is 1. The van der Waals surface area contributed by atoms with E-state index in [0.29, 0.717) is 0 Å². The fourth-order valence-electron chi connectivity index (χ4n) is 2.05. The SMILES string of the molecule is CCCCCCc1ccc(OCCCCC)cc1. The number of benzene rings is 1. The Morgan fingerprint density at radius 2 is 1.44 bits per heavy atom. The molecule has 0 aliphatic rings. The quantitative estimate of drug-likeness (QED) is 0.505. The molecular formula is C17H28O. The third-order valence-electron chi connectivity index (χ3n) is 3.26. The van der Waals surface area contributed by atoms with E-state index in [0.717, 1.165) is 18.8 Å². The average molecular weight is 248 g/mol. The zero-order valence-corrected chi connectivity index (χ0v) is 12.1. The van der Waals surface area contributed by atoms with E-state index in [1.165, 1.54) is 50.5 Å². The molecule has 1 nitrogen and oxygen atoms in total. The van der Waals surface area contributed by atoms with Crippen molar-refractivity contribution < 1.29 is 4.74 Å². The van der Waals surface area contributed by atoms with Crippen LogP contribution in [0.4, 0.5) is 0 Å². The van der Waals surface area contributed by atoms with E-state index >= 15 is 0 Å². The van der Waals surface area contributed by atoms with Crippen molar-refractivity contribution in [2.75, 3.05) is 6.61 Å². The zero-order chi connectivity index (χ0) is 13.1. The topological polar surface area (TPSA) is 9.23 Å². The summed E-state index contributed by atoms with van der Waals surface area (Å²) in [7, 11) is 0. The van der Waals surface area contributed by atoms with Crippen LogP contribution < -0.4 is 4.74 Å². The maximum absolute atomic E-state index is 5.71. The first-order valence-electron chi connectivity index (χ1n) is 7.58. The summed E-state index contributed by atoms with van der Waals surface area (Å²) in [5.41, 5.74) is 1.44. The molecule has 0 heterocycles.